The van der Waals surface area contributed by atoms with Gasteiger partial charge in [0, 0.05) is 18.8 Å². The Morgan fingerprint density at radius 1 is 1.05 bits per heavy atom. The Hall–Kier alpha value is -1.78. The van der Waals surface area contributed by atoms with Crippen LogP contribution in [0.4, 0.5) is 5.69 Å². The van der Waals surface area contributed by atoms with E-state index >= 15 is 0 Å². The number of nitrogens with zero attached hydrogens (tertiary/aromatic N) is 1. The molecule has 2 aromatic rings. The summed E-state index contributed by atoms with van der Waals surface area (Å²) in [5.41, 5.74) is 4.02. The molecule has 0 heterocycles. The van der Waals surface area contributed by atoms with E-state index in [2.05, 4.69) is 43.0 Å². The second-order valence-electron chi connectivity index (χ2n) is 4.97. The Labute approximate surface area is 120 Å². The summed E-state index contributed by atoms with van der Waals surface area (Å²) >= 11 is 0. The zero-order valence-electron chi connectivity index (χ0n) is 12.0. The van der Waals surface area contributed by atoms with Crippen LogP contribution in [0.15, 0.2) is 48.5 Å². The molecule has 0 aromatic heterocycles. The fourth-order valence-electron chi connectivity index (χ4n) is 2.21. The maximum Gasteiger partial charge on any atom is 0.488 e. The summed E-state index contributed by atoms with van der Waals surface area (Å²) in [5.74, 6) is 0. The summed E-state index contributed by atoms with van der Waals surface area (Å²) in [4.78, 5) is 2.25. The van der Waals surface area contributed by atoms with Crippen molar-refractivity contribution in [3.63, 3.8) is 0 Å². The van der Waals surface area contributed by atoms with Crippen LogP contribution in [0, 0.1) is 6.92 Å². The van der Waals surface area contributed by atoms with Crippen LogP contribution in [-0.4, -0.2) is 23.7 Å². The molecule has 0 amide bonds. The molecule has 0 fully saturated rings. The van der Waals surface area contributed by atoms with E-state index in [1.54, 1.807) is 6.07 Å². The molecule has 2 rings (SSSR count). The van der Waals surface area contributed by atoms with Gasteiger partial charge in [-0.2, -0.15) is 0 Å². The first kappa shape index (κ1) is 14.6. The lowest BCUT2D eigenvalue weighted by molar-refractivity contribution is 0.425. The number of hydrogen-bond donors (Lipinski definition) is 2. The first-order valence-corrected chi connectivity index (χ1v) is 6.86. The Balaban J connectivity index is 2.17. The number of anilines is 1. The molecule has 0 radical (unpaired) electrons. The van der Waals surface area contributed by atoms with Gasteiger partial charge in [-0.1, -0.05) is 42.0 Å². The van der Waals surface area contributed by atoms with Gasteiger partial charge in [-0.3, -0.25) is 0 Å². The molecule has 4 heteroatoms. The number of hydrogen-bond acceptors (Lipinski definition) is 3. The lowest BCUT2D eigenvalue weighted by Gasteiger charge is -2.23. The predicted octanol–water partition coefficient (Wildman–Crippen LogP) is 1.70. The third-order valence-electron chi connectivity index (χ3n) is 3.40. The Kier molecular flexibility index (Phi) is 4.82. The molecule has 0 spiro atoms. The molecule has 104 valence electrons. The van der Waals surface area contributed by atoms with E-state index in [4.69, 9.17) is 0 Å². The van der Waals surface area contributed by atoms with Crippen molar-refractivity contribution in [1.82, 2.24) is 0 Å². The maximum absolute atomic E-state index is 9.23. The maximum atomic E-state index is 9.23. The first-order chi connectivity index (χ1) is 9.60. The van der Waals surface area contributed by atoms with Gasteiger partial charge < -0.3 is 14.9 Å². The summed E-state index contributed by atoms with van der Waals surface area (Å²) in [5, 5.41) is 18.5. The average molecular weight is 269 g/mol. The normalized spacial score (nSPS) is 10.4. The molecule has 0 bridgehead atoms. The lowest BCUT2D eigenvalue weighted by atomic mass is 9.79. The fourth-order valence-corrected chi connectivity index (χ4v) is 2.21. The molecule has 0 saturated heterocycles. The highest BCUT2D eigenvalue weighted by Crippen LogP contribution is 2.17. The zero-order chi connectivity index (χ0) is 14.5. The van der Waals surface area contributed by atoms with E-state index in [-0.39, 0.29) is 0 Å². The van der Waals surface area contributed by atoms with Crippen LogP contribution >= 0.6 is 0 Å². The predicted molar refractivity (Wildman–Crippen MR) is 84.2 cm³/mol. The summed E-state index contributed by atoms with van der Waals surface area (Å²) < 4.78 is 0. The van der Waals surface area contributed by atoms with Gasteiger partial charge in [-0.25, -0.2) is 0 Å². The fraction of sp³-hybridized carbons (Fsp3) is 0.250. The number of benzene rings is 2. The quantitative estimate of drug-likeness (QED) is 0.812. The van der Waals surface area contributed by atoms with Gasteiger partial charge in [-0.15, -0.1) is 0 Å². The van der Waals surface area contributed by atoms with E-state index in [9.17, 15) is 10.0 Å². The van der Waals surface area contributed by atoms with E-state index in [1.165, 1.54) is 11.3 Å². The monoisotopic (exact) mass is 269 g/mol. The van der Waals surface area contributed by atoms with E-state index < -0.39 is 7.12 Å². The van der Waals surface area contributed by atoms with Crippen molar-refractivity contribution in [3.8, 4) is 0 Å². The van der Waals surface area contributed by atoms with Gasteiger partial charge in [0.2, 0.25) is 0 Å². The van der Waals surface area contributed by atoms with Gasteiger partial charge in [0.1, 0.15) is 0 Å². The van der Waals surface area contributed by atoms with Crippen LogP contribution in [0.2, 0.25) is 0 Å². The molecule has 0 aliphatic rings. The Bertz CT molecular complexity index is 555. The first-order valence-electron chi connectivity index (χ1n) is 6.86. The summed E-state index contributed by atoms with van der Waals surface area (Å²) in [6, 6.07) is 15.8. The molecule has 2 aromatic carbocycles. The minimum absolute atomic E-state index is 0.530. The van der Waals surface area contributed by atoms with Crippen molar-refractivity contribution >= 4 is 18.3 Å². The van der Waals surface area contributed by atoms with Crippen molar-refractivity contribution in [3.05, 3.63) is 59.7 Å². The molecule has 3 nitrogen and oxygen atoms in total. The van der Waals surface area contributed by atoms with E-state index in [1.807, 2.05) is 18.2 Å². The third-order valence-corrected chi connectivity index (χ3v) is 3.40. The third kappa shape index (κ3) is 3.62. The smallest absolute Gasteiger partial charge is 0.423 e. The van der Waals surface area contributed by atoms with E-state index in [0.29, 0.717) is 5.46 Å². The molecule has 0 atom stereocenters. The molecular weight excluding hydrogens is 249 g/mol. The van der Waals surface area contributed by atoms with Gasteiger partial charge in [0.05, 0.1) is 0 Å². The summed E-state index contributed by atoms with van der Waals surface area (Å²) in [6.07, 6.45) is 0. The van der Waals surface area contributed by atoms with Crippen LogP contribution in [0.1, 0.15) is 18.1 Å². The van der Waals surface area contributed by atoms with Crippen LogP contribution in [-0.2, 0) is 6.54 Å². The van der Waals surface area contributed by atoms with Gasteiger partial charge >= 0.3 is 7.12 Å². The summed E-state index contributed by atoms with van der Waals surface area (Å²) in [7, 11) is -1.41. The standard InChI is InChI=1S/C16H20BNO2/c1-3-18(16-9-7-13(2)8-10-16)12-14-5-4-6-15(11-14)17(19)20/h4-11,19-20H,3,12H2,1-2H3. The molecular formula is C16H20BNO2. The van der Waals surface area contributed by atoms with Gasteiger partial charge in [-0.05, 0) is 37.0 Å². The van der Waals surface area contributed by atoms with Crippen molar-refractivity contribution < 1.29 is 10.0 Å². The minimum Gasteiger partial charge on any atom is -0.423 e. The largest absolute Gasteiger partial charge is 0.488 e. The highest BCUT2D eigenvalue weighted by molar-refractivity contribution is 6.58. The van der Waals surface area contributed by atoms with Gasteiger partial charge in [0.15, 0.2) is 0 Å². The SMILES string of the molecule is CCN(Cc1cccc(B(O)O)c1)c1ccc(C)cc1. The van der Waals surface area contributed by atoms with Crippen LogP contribution in [0.25, 0.3) is 0 Å². The van der Waals surface area contributed by atoms with Crippen molar-refractivity contribution in [1.29, 1.82) is 0 Å². The molecule has 0 saturated carbocycles. The van der Waals surface area contributed by atoms with Gasteiger partial charge in [0.25, 0.3) is 0 Å². The topological polar surface area (TPSA) is 43.7 Å². The van der Waals surface area contributed by atoms with Crippen molar-refractivity contribution in [2.45, 2.75) is 20.4 Å². The number of rotatable bonds is 5. The van der Waals surface area contributed by atoms with Crippen molar-refractivity contribution in [2.24, 2.45) is 0 Å². The highest BCUT2D eigenvalue weighted by Gasteiger charge is 2.12. The average Bonchev–Trinajstić information content (AvgIpc) is 2.46. The zero-order valence-corrected chi connectivity index (χ0v) is 12.0. The molecule has 0 aliphatic heterocycles. The van der Waals surface area contributed by atoms with Crippen LogP contribution < -0.4 is 10.4 Å². The number of aryl methyl sites for hydroxylation is 1. The molecule has 0 unspecified atom stereocenters. The minimum atomic E-state index is -1.41. The highest BCUT2D eigenvalue weighted by atomic mass is 16.4. The van der Waals surface area contributed by atoms with Crippen LogP contribution in [0.3, 0.4) is 0 Å². The molecule has 20 heavy (non-hydrogen) atoms. The summed E-state index contributed by atoms with van der Waals surface area (Å²) in [6.45, 7) is 5.84. The Morgan fingerprint density at radius 2 is 1.75 bits per heavy atom. The van der Waals surface area contributed by atoms with Crippen LogP contribution in [0.5, 0.6) is 0 Å². The van der Waals surface area contributed by atoms with Crippen molar-refractivity contribution in [2.75, 3.05) is 11.4 Å². The van der Waals surface area contributed by atoms with E-state index in [0.717, 1.165) is 18.7 Å². The molecule has 2 N–H and O–H groups in total. The second kappa shape index (κ2) is 6.59. The molecule has 0 aliphatic carbocycles. The lowest BCUT2D eigenvalue weighted by Crippen LogP contribution is -2.30. The second-order valence-corrected chi connectivity index (χ2v) is 4.97. The Morgan fingerprint density at radius 3 is 2.35 bits per heavy atom.